The Morgan fingerprint density at radius 1 is 1.05 bits per heavy atom. The van der Waals surface area contributed by atoms with Gasteiger partial charge in [0.25, 0.3) is 5.91 Å². The SMILES string of the molecule is C=CCc1cc(/C=C2\S[C@H](Nc3ccc(CC)cc3)NC2=O)cc(OCC)c1OCc1cccc(C)c1. The van der Waals surface area contributed by atoms with Crippen molar-refractivity contribution >= 4 is 29.4 Å². The van der Waals surface area contributed by atoms with Crippen LogP contribution in [0.3, 0.4) is 0 Å². The van der Waals surface area contributed by atoms with Gasteiger partial charge < -0.3 is 20.1 Å². The highest BCUT2D eigenvalue weighted by atomic mass is 32.2. The lowest BCUT2D eigenvalue weighted by atomic mass is 10.0. The number of hydrogen-bond donors (Lipinski definition) is 2. The molecule has 1 amide bonds. The van der Waals surface area contributed by atoms with Gasteiger partial charge in [0.1, 0.15) is 6.61 Å². The number of carbonyl (C=O) groups is 1. The summed E-state index contributed by atoms with van der Waals surface area (Å²) in [5.74, 6) is 1.27. The van der Waals surface area contributed by atoms with Gasteiger partial charge in [0, 0.05) is 11.3 Å². The molecule has 0 bridgehead atoms. The number of ether oxygens (including phenoxy) is 2. The van der Waals surface area contributed by atoms with Crippen LogP contribution in [0.15, 0.2) is 78.2 Å². The van der Waals surface area contributed by atoms with E-state index in [4.69, 9.17) is 9.47 Å². The number of aryl methyl sites for hydroxylation is 2. The molecule has 0 aromatic heterocycles. The summed E-state index contributed by atoms with van der Waals surface area (Å²) in [6, 6.07) is 20.5. The van der Waals surface area contributed by atoms with Crippen LogP contribution in [0.2, 0.25) is 0 Å². The van der Waals surface area contributed by atoms with Crippen molar-refractivity contribution in [2.24, 2.45) is 0 Å². The first-order chi connectivity index (χ1) is 18.0. The van der Waals surface area contributed by atoms with Crippen molar-refractivity contribution in [1.29, 1.82) is 0 Å². The first-order valence-electron chi connectivity index (χ1n) is 12.6. The Morgan fingerprint density at radius 3 is 2.57 bits per heavy atom. The predicted octanol–water partition coefficient (Wildman–Crippen LogP) is 6.86. The maximum absolute atomic E-state index is 12.7. The molecule has 1 aliphatic heterocycles. The summed E-state index contributed by atoms with van der Waals surface area (Å²) in [5, 5.41) is 6.39. The summed E-state index contributed by atoms with van der Waals surface area (Å²) in [6.07, 6.45) is 5.37. The van der Waals surface area contributed by atoms with Crippen LogP contribution < -0.4 is 20.1 Å². The van der Waals surface area contributed by atoms with Gasteiger partial charge in [-0.2, -0.15) is 0 Å². The zero-order chi connectivity index (χ0) is 26.2. The lowest BCUT2D eigenvalue weighted by Gasteiger charge is -2.17. The van der Waals surface area contributed by atoms with Gasteiger partial charge in [0.2, 0.25) is 0 Å². The third-order valence-electron chi connectivity index (χ3n) is 5.97. The van der Waals surface area contributed by atoms with Crippen LogP contribution in [-0.4, -0.2) is 18.0 Å². The Labute approximate surface area is 224 Å². The normalized spacial score (nSPS) is 15.9. The van der Waals surface area contributed by atoms with Crippen LogP contribution in [0.1, 0.15) is 41.7 Å². The molecular weight excluding hydrogens is 480 g/mol. The van der Waals surface area contributed by atoms with Gasteiger partial charge in [0.05, 0.1) is 11.5 Å². The molecule has 0 spiro atoms. The van der Waals surface area contributed by atoms with E-state index in [1.165, 1.54) is 22.9 Å². The van der Waals surface area contributed by atoms with E-state index in [2.05, 4.69) is 61.4 Å². The Bertz CT molecular complexity index is 1280. The monoisotopic (exact) mass is 514 g/mol. The molecule has 1 aliphatic rings. The number of thioether (sulfide) groups is 1. The van der Waals surface area contributed by atoms with Gasteiger partial charge >= 0.3 is 0 Å². The second kappa shape index (κ2) is 12.5. The third kappa shape index (κ3) is 6.98. The summed E-state index contributed by atoms with van der Waals surface area (Å²) in [4.78, 5) is 13.4. The number of anilines is 1. The average molecular weight is 515 g/mol. The molecular formula is C31H34N2O3S. The van der Waals surface area contributed by atoms with Crippen LogP contribution in [0.5, 0.6) is 11.5 Å². The molecule has 3 aromatic rings. The quantitative estimate of drug-likeness (QED) is 0.216. The maximum Gasteiger partial charge on any atom is 0.260 e. The van der Waals surface area contributed by atoms with Gasteiger partial charge in [-0.15, -0.1) is 6.58 Å². The van der Waals surface area contributed by atoms with Crippen LogP contribution in [0.4, 0.5) is 5.69 Å². The van der Waals surface area contributed by atoms with E-state index in [-0.39, 0.29) is 11.4 Å². The molecule has 192 valence electrons. The van der Waals surface area contributed by atoms with Gasteiger partial charge in [-0.3, -0.25) is 4.79 Å². The average Bonchev–Trinajstić information content (AvgIpc) is 3.22. The van der Waals surface area contributed by atoms with E-state index >= 15 is 0 Å². The third-order valence-corrected chi connectivity index (χ3v) is 7.00. The predicted molar refractivity (Wildman–Crippen MR) is 154 cm³/mol. The zero-order valence-corrected chi connectivity index (χ0v) is 22.5. The van der Waals surface area contributed by atoms with Gasteiger partial charge in [-0.05, 0) is 73.7 Å². The number of amides is 1. The molecule has 0 aliphatic carbocycles. The number of allylic oxidation sites excluding steroid dienone is 1. The molecule has 1 heterocycles. The van der Waals surface area contributed by atoms with Crippen LogP contribution in [-0.2, 0) is 24.2 Å². The molecule has 1 fully saturated rings. The van der Waals surface area contributed by atoms with Crippen LogP contribution in [0.25, 0.3) is 6.08 Å². The first kappa shape index (κ1) is 26.4. The summed E-state index contributed by atoms with van der Waals surface area (Å²) in [6.45, 7) is 11.0. The Balaban J connectivity index is 1.55. The second-order valence-corrected chi connectivity index (χ2v) is 10.0. The van der Waals surface area contributed by atoms with Crippen LogP contribution >= 0.6 is 11.8 Å². The summed E-state index contributed by atoms with van der Waals surface area (Å²) < 4.78 is 12.3. The number of nitrogens with one attached hydrogen (secondary N) is 2. The van der Waals surface area contributed by atoms with E-state index in [0.29, 0.717) is 36.0 Å². The van der Waals surface area contributed by atoms with Crippen molar-refractivity contribution in [3.05, 3.63) is 106 Å². The van der Waals surface area contributed by atoms with Crippen molar-refractivity contribution in [2.45, 2.75) is 45.7 Å². The molecule has 0 saturated carbocycles. The molecule has 0 unspecified atom stereocenters. The fourth-order valence-electron chi connectivity index (χ4n) is 4.16. The Hall–Kier alpha value is -3.64. The molecule has 2 N–H and O–H groups in total. The van der Waals surface area contributed by atoms with E-state index < -0.39 is 0 Å². The van der Waals surface area contributed by atoms with E-state index in [1.54, 1.807) is 0 Å². The number of carbonyl (C=O) groups excluding carboxylic acids is 1. The minimum Gasteiger partial charge on any atom is -0.490 e. The standard InChI is InChI=1S/C31H34N2O3S/c1-5-9-25-17-24(18-27(35-7-3)29(25)36-20-23-11-8-10-21(4)16-23)19-28-30(34)33-31(37-28)32-26-14-12-22(6-2)13-15-26/h5,8,10-19,31-32H,1,6-7,9,20H2,2-4H3,(H,33,34)/b28-19-/t31-/m1/s1. The van der Waals surface area contributed by atoms with Crippen molar-refractivity contribution < 1.29 is 14.3 Å². The highest BCUT2D eigenvalue weighted by Crippen LogP contribution is 2.37. The summed E-state index contributed by atoms with van der Waals surface area (Å²) >= 11 is 1.47. The Kier molecular flexibility index (Phi) is 8.96. The minimum atomic E-state index is -0.234. The fraction of sp³-hybridized carbons (Fsp3) is 0.258. The topological polar surface area (TPSA) is 59.6 Å². The highest BCUT2D eigenvalue weighted by Gasteiger charge is 2.27. The first-order valence-corrected chi connectivity index (χ1v) is 13.5. The zero-order valence-electron chi connectivity index (χ0n) is 21.7. The molecule has 5 nitrogen and oxygen atoms in total. The lowest BCUT2D eigenvalue weighted by Crippen LogP contribution is -2.30. The number of rotatable bonds is 11. The van der Waals surface area contributed by atoms with Crippen molar-refractivity contribution in [3.63, 3.8) is 0 Å². The molecule has 6 heteroatoms. The van der Waals surface area contributed by atoms with Gasteiger partial charge in [-0.25, -0.2) is 0 Å². The number of benzene rings is 3. The van der Waals surface area contributed by atoms with Crippen LogP contribution in [0, 0.1) is 6.92 Å². The molecule has 4 rings (SSSR count). The molecule has 37 heavy (non-hydrogen) atoms. The van der Waals surface area contributed by atoms with Gasteiger partial charge in [0.15, 0.2) is 17.0 Å². The smallest absolute Gasteiger partial charge is 0.260 e. The largest absolute Gasteiger partial charge is 0.490 e. The van der Waals surface area contributed by atoms with Crippen molar-refractivity contribution in [2.75, 3.05) is 11.9 Å². The van der Waals surface area contributed by atoms with Crippen molar-refractivity contribution in [3.8, 4) is 11.5 Å². The van der Waals surface area contributed by atoms with E-state index in [9.17, 15) is 4.79 Å². The van der Waals surface area contributed by atoms with Gasteiger partial charge in [-0.1, -0.05) is 66.7 Å². The highest BCUT2D eigenvalue weighted by molar-refractivity contribution is 8.05. The molecule has 3 aromatic carbocycles. The minimum absolute atomic E-state index is 0.101. The van der Waals surface area contributed by atoms with E-state index in [0.717, 1.165) is 28.8 Å². The maximum atomic E-state index is 12.7. The summed E-state index contributed by atoms with van der Waals surface area (Å²) in [7, 11) is 0. The summed E-state index contributed by atoms with van der Waals surface area (Å²) in [5.41, 5.74) is 6.15. The second-order valence-electron chi connectivity index (χ2n) is 8.89. The molecule has 1 saturated heterocycles. The fourth-order valence-corrected chi connectivity index (χ4v) is 5.15. The van der Waals surface area contributed by atoms with E-state index in [1.807, 2.05) is 49.4 Å². The number of hydrogen-bond acceptors (Lipinski definition) is 5. The van der Waals surface area contributed by atoms with Crippen molar-refractivity contribution in [1.82, 2.24) is 5.32 Å². The lowest BCUT2D eigenvalue weighted by molar-refractivity contribution is -0.116. The Morgan fingerprint density at radius 2 is 1.86 bits per heavy atom. The molecule has 1 atom stereocenters. The molecule has 0 radical (unpaired) electrons.